The molecule has 102 valence electrons. The van der Waals surface area contributed by atoms with Gasteiger partial charge in [0.1, 0.15) is 0 Å². The molecule has 1 fully saturated rings. The molecule has 2 unspecified atom stereocenters. The Bertz CT molecular complexity index is 205. The van der Waals surface area contributed by atoms with Gasteiger partial charge in [0.05, 0.1) is 5.60 Å². The third-order valence-electron chi connectivity index (χ3n) is 4.20. The fourth-order valence-corrected chi connectivity index (χ4v) is 3.25. The van der Waals surface area contributed by atoms with Crippen LogP contribution in [0.5, 0.6) is 0 Å². The van der Waals surface area contributed by atoms with Gasteiger partial charge in [-0.15, -0.1) is 0 Å². The molecule has 0 radical (unpaired) electrons. The van der Waals surface area contributed by atoms with Crippen molar-refractivity contribution in [3.8, 4) is 0 Å². The molecule has 2 heteroatoms. The number of methoxy groups -OCH3 is 1. The van der Waals surface area contributed by atoms with Crippen molar-refractivity contribution in [3.63, 3.8) is 0 Å². The maximum Gasteiger partial charge on any atom is 0.0831 e. The molecule has 0 bridgehead atoms. The Morgan fingerprint density at radius 3 is 2.18 bits per heavy atom. The lowest BCUT2D eigenvalue weighted by Crippen LogP contribution is -2.57. The maximum atomic E-state index is 5.83. The van der Waals surface area contributed by atoms with Gasteiger partial charge in [0.2, 0.25) is 0 Å². The highest BCUT2D eigenvalue weighted by Crippen LogP contribution is 2.40. The van der Waals surface area contributed by atoms with E-state index in [9.17, 15) is 0 Å². The second-order valence-electron chi connectivity index (χ2n) is 6.20. The quantitative estimate of drug-likeness (QED) is 0.701. The first-order chi connectivity index (χ1) is 8.04. The lowest BCUT2D eigenvalue weighted by molar-refractivity contribution is -0.102. The lowest BCUT2D eigenvalue weighted by Gasteiger charge is -2.47. The lowest BCUT2D eigenvalue weighted by atomic mass is 9.71. The van der Waals surface area contributed by atoms with Crippen molar-refractivity contribution in [1.82, 2.24) is 5.32 Å². The van der Waals surface area contributed by atoms with Crippen LogP contribution in [0.1, 0.15) is 59.8 Å². The van der Waals surface area contributed by atoms with Crippen LogP contribution in [-0.4, -0.2) is 25.3 Å². The van der Waals surface area contributed by atoms with Gasteiger partial charge in [0, 0.05) is 13.2 Å². The molecule has 1 aliphatic rings. The zero-order chi connectivity index (χ0) is 12.9. The molecule has 17 heavy (non-hydrogen) atoms. The van der Waals surface area contributed by atoms with Crippen LogP contribution in [0.15, 0.2) is 0 Å². The topological polar surface area (TPSA) is 21.3 Å². The number of hydrogen-bond donors (Lipinski definition) is 1. The second kappa shape index (κ2) is 6.75. The summed E-state index contributed by atoms with van der Waals surface area (Å²) in [6.07, 6.45) is 6.36. The molecule has 1 saturated carbocycles. The van der Waals surface area contributed by atoms with Crippen LogP contribution in [0.2, 0.25) is 0 Å². The van der Waals surface area contributed by atoms with E-state index in [1.165, 1.54) is 32.1 Å². The first-order valence-electron chi connectivity index (χ1n) is 7.32. The Labute approximate surface area is 108 Å². The summed E-state index contributed by atoms with van der Waals surface area (Å²) < 4.78 is 5.83. The molecule has 2 atom stereocenters. The normalized spacial score (nSPS) is 22.2. The predicted octanol–water partition coefficient (Wildman–Crippen LogP) is 3.61. The van der Waals surface area contributed by atoms with E-state index >= 15 is 0 Å². The molecular formula is C15H31NO. The molecule has 0 saturated heterocycles. The monoisotopic (exact) mass is 241 g/mol. The van der Waals surface area contributed by atoms with E-state index in [4.69, 9.17) is 4.74 Å². The third kappa shape index (κ3) is 3.96. The fraction of sp³-hybridized carbons (Fsp3) is 1.00. The van der Waals surface area contributed by atoms with E-state index < -0.39 is 0 Å². The molecule has 0 aliphatic heterocycles. The average molecular weight is 241 g/mol. The molecule has 0 aromatic rings. The van der Waals surface area contributed by atoms with Gasteiger partial charge in [0.15, 0.2) is 0 Å². The minimum Gasteiger partial charge on any atom is -0.377 e. The molecular weight excluding hydrogens is 210 g/mol. The van der Waals surface area contributed by atoms with Crippen molar-refractivity contribution in [2.75, 3.05) is 13.7 Å². The van der Waals surface area contributed by atoms with Crippen LogP contribution >= 0.6 is 0 Å². The van der Waals surface area contributed by atoms with Gasteiger partial charge in [-0.2, -0.15) is 0 Å². The van der Waals surface area contributed by atoms with E-state index in [-0.39, 0.29) is 5.60 Å². The van der Waals surface area contributed by atoms with Crippen LogP contribution in [-0.2, 0) is 4.74 Å². The van der Waals surface area contributed by atoms with Crippen molar-refractivity contribution in [1.29, 1.82) is 0 Å². The summed E-state index contributed by atoms with van der Waals surface area (Å²) in [6, 6.07) is 0.542. The Balaban J connectivity index is 2.53. The van der Waals surface area contributed by atoms with Crippen LogP contribution in [0, 0.1) is 11.8 Å². The zero-order valence-electron chi connectivity index (χ0n) is 12.4. The molecule has 1 rings (SSSR count). The molecule has 0 amide bonds. The fourth-order valence-electron chi connectivity index (χ4n) is 3.25. The number of rotatable bonds is 8. The minimum absolute atomic E-state index is 0.140. The van der Waals surface area contributed by atoms with Crippen LogP contribution in [0.3, 0.4) is 0 Å². The summed E-state index contributed by atoms with van der Waals surface area (Å²) in [5.41, 5.74) is 0.140. The second-order valence-corrected chi connectivity index (χ2v) is 6.20. The van der Waals surface area contributed by atoms with Gasteiger partial charge in [-0.3, -0.25) is 0 Å². The molecule has 0 aromatic carbocycles. The number of likely N-dealkylation sites (N-methyl/N-ethyl adjacent to an activating group) is 1. The average Bonchev–Trinajstić information content (AvgIpc) is 2.15. The summed E-state index contributed by atoms with van der Waals surface area (Å²) >= 11 is 0. The van der Waals surface area contributed by atoms with Gasteiger partial charge in [0.25, 0.3) is 0 Å². The van der Waals surface area contributed by atoms with Crippen LogP contribution < -0.4 is 5.32 Å². The number of nitrogens with one attached hydrogen (secondary N) is 1. The highest BCUT2D eigenvalue weighted by atomic mass is 16.5. The predicted molar refractivity (Wildman–Crippen MR) is 74.3 cm³/mol. The SMILES string of the molecule is CCNC(CC(C)CC(C)C)C1(OC)CCC1. The van der Waals surface area contributed by atoms with E-state index in [2.05, 4.69) is 33.0 Å². The number of ether oxygens (including phenoxy) is 1. The molecule has 1 aliphatic carbocycles. The maximum absolute atomic E-state index is 5.83. The van der Waals surface area contributed by atoms with Crippen LogP contribution in [0.4, 0.5) is 0 Å². The molecule has 0 aromatic heterocycles. The van der Waals surface area contributed by atoms with Gasteiger partial charge >= 0.3 is 0 Å². The first-order valence-corrected chi connectivity index (χ1v) is 7.32. The molecule has 2 nitrogen and oxygen atoms in total. The summed E-state index contributed by atoms with van der Waals surface area (Å²) in [4.78, 5) is 0. The third-order valence-corrected chi connectivity index (χ3v) is 4.20. The largest absolute Gasteiger partial charge is 0.377 e. The van der Waals surface area contributed by atoms with Crippen molar-refractivity contribution in [2.24, 2.45) is 11.8 Å². The number of hydrogen-bond acceptors (Lipinski definition) is 2. The van der Waals surface area contributed by atoms with E-state index in [1.807, 2.05) is 7.11 Å². The highest BCUT2D eigenvalue weighted by molar-refractivity contribution is 5.00. The molecule has 0 heterocycles. The standard InChI is InChI=1S/C15H31NO/c1-6-16-14(11-13(4)10-12(2)3)15(17-5)8-7-9-15/h12-14,16H,6-11H2,1-5H3. The van der Waals surface area contributed by atoms with Crippen molar-refractivity contribution < 1.29 is 4.74 Å². The summed E-state index contributed by atoms with van der Waals surface area (Å²) in [5, 5.41) is 3.66. The van der Waals surface area contributed by atoms with E-state index in [1.54, 1.807) is 0 Å². The van der Waals surface area contributed by atoms with Crippen molar-refractivity contribution >= 4 is 0 Å². The van der Waals surface area contributed by atoms with E-state index in [0.717, 1.165) is 18.4 Å². The van der Waals surface area contributed by atoms with Crippen molar-refractivity contribution in [3.05, 3.63) is 0 Å². The highest BCUT2D eigenvalue weighted by Gasteiger charge is 2.44. The Morgan fingerprint density at radius 2 is 1.82 bits per heavy atom. The van der Waals surface area contributed by atoms with Gasteiger partial charge < -0.3 is 10.1 Å². The summed E-state index contributed by atoms with van der Waals surface area (Å²) in [5.74, 6) is 1.58. The van der Waals surface area contributed by atoms with Gasteiger partial charge in [-0.25, -0.2) is 0 Å². The zero-order valence-corrected chi connectivity index (χ0v) is 12.4. The Hall–Kier alpha value is -0.0800. The van der Waals surface area contributed by atoms with Crippen molar-refractivity contribution in [2.45, 2.75) is 71.4 Å². The van der Waals surface area contributed by atoms with E-state index in [0.29, 0.717) is 6.04 Å². The van der Waals surface area contributed by atoms with Gasteiger partial charge in [-0.1, -0.05) is 27.7 Å². The molecule has 1 N–H and O–H groups in total. The Kier molecular flexibility index (Phi) is 5.94. The first kappa shape index (κ1) is 15.0. The smallest absolute Gasteiger partial charge is 0.0831 e. The minimum atomic E-state index is 0.140. The summed E-state index contributed by atoms with van der Waals surface area (Å²) in [6.45, 7) is 10.3. The molecule has 0 spiro atoms. The van der Waals surface area contributed by atoms with Crippen LogP contribution in [0.25, 0.3) is 0 Å². The van der Waals surface area contributed by atoms with Gasteiger partial charge in [-0.05, 0) is 50.5 Å². The Morgan fingerprint density at radius 1 is 1.18 bits per heavy atom. The summed E-state index contributed by atoms with van der Waals surface area (Å²) in [7, 11) is 1.89.